The number of rotatable bonds is 6. The number of hydrogen-bond donors (Lipinski definition) is 1. The molecule has 0 aliphatic rings. The molecule has 122 valence electrons. The number of nitrogens with one attached hydrogen (secondary N) is 1. The first-order valence-electron chi connectivity index (χ1n) is 7.42. The Bertz CT molecular complexity index is 803. The number of thiazole rings is 1. The summed E-state index contributed by atoms with van der Waals surface area (Å²) in [4.78, 5) is 15.9. The number of aromatic nitrogens is 3. The van der Waals surface area contributed by atoms with Crippen LogP contribution < -0.4 is 5.32 Å². The third-order valence-electron chi connectivity index (χ3n) is 3.32. The third kappa shape index (κ3) is 3.94. The molecular weight excluding hydrogens is 324 g/mol. The lowest BCUT2D eigenvalue weighted by Crippen LogP contribution is -2.10. The lowest BCUT2D eigenvalue weighted by Gasteiger charge is -2.04. The van der Waals surface area contributed by atoms with Crippen LogP contribution >= 0.6 is 11.3 Å². The first kappa shape index (κ1) is 16.1. The largest absolute Gasteiger partial charge is 0.464 e. The van der Waals surface area contributed by atoms with E-state index in [2.05, 4.69) is 42.7 Å². The average molecular weight is 340 g/mol. The number of carbonyl (C=O) groups excluding carboxylic acids is 1. The second kappa shape index (κ2) is 7.65. The fraction of sp³-hybridized carbons (Fsp3) is 0.176. The molecule has 6 nitrogen and oxygen atoms in total. The standard InChI is InChI=1S/C17H16N4O2S/c1-23-17(22)14-7-8-15(21-20-14)18-10-9-13-11-24-16(19-13)12-5-3-2-4-6-12/h2-8,11H,9-10H2,1H3,(H,18,21). The number of nitrogens with zero attached hydrogens (tertiary/aromatic N) is 3. The van der Waals surface area contributed by atoms with Crippen molar-refractivity contribution in [2.75, 3.05) is 19.0 Å². The molecule has 0 spiro atoms. The van der Waals surface area contributed by atoms with Gasteiger partial charge in [-0.05, 0) is 12.1 Å². The van der Waals surface area contributed by atoms with E-state index in [1.807, 2.05) is 18.2 Å². The molecule has 1 aromatic carbocycles. The quantitative estimate of drug-likeness (QED) is 0.695. The Kier molecular flexibility index (Phi) is 5.12. The second-order valence-electron chi connectivity index (χ2n) is 4.98. The van der Waals surface area contributed by atoms with Crippen LogP contribution in [0.3, 0.4) is 0 Å². The second-order valence-corrected chi connectivity index (χ2v) is 5.84. The van der Waals surface area contributed by atoms with Crippen LogP contribution in [0.4, 0.5) is 5.82 Å². The van der Waals surface area contributed by atoms with E-state index in [4.69, 9.17) is 0 Å². The average Bonchev–Trinajstić information content (AvgIpc) is 3.11. The molecule has 0 aliphatic carbocycles. The molecule has 24 heavy (non-hydrogen) atoms. The summed E-state index contributed by atoms with van der Waals surface area (Å²) in [5.74, 6) is 0.117. The van der Waals surface area contributed by atoms with Crippen molar-refractivity contribution in [3.05, 3.63) is 59.2 Å². The summed E-state index contributed by atoms with van der Waals surface area (Å²) < 4.78 is 4.58. The van der Waals surface area contributed by atoms with Crippen molar-refractivity contribution in [2.24, 2.45) is 0 Å². The third-order valence-corrected chi connectivity index (χ3v) is 4.26. The molecule has 3 rings (SSSR count). The molecule has 0 saturated heterocycles. The van der Waals surface area contributed by atoms with Crippen LogP contribution in [0.5, 0.6) is 0 Å². The maximum absolute atomic E-state index is 11.3. The highest BCUT2D eigenvalue weighted by molar-refractivity contribution is 7.13. The predicted molar refractivity (Wildman–Crippen MR) is 93.1 cm³/mol. The topological polar surface area (TPSA) is 77.0 Å². The molecule has 0 radical (unpaired) electrons. The summed E-state index contributed by atoms with van der Waals surface area (Å²) in [6.07, 6.45) is 0.782. The lowest BCUT2D eigenvalue weighted by molar-refractivity contribution is 0.0593. The van der Waals surface area contributed by atoms with Crippen molar-refractivity contribution in [2.45, 2.75) is 6.42 Å². The normalized spacial score (nSPS) is 10.4. The molecule has 0 saturated carbocycles. The van der Waals surface area contributed by atoms with Gasteiger partial charge in [-0.3, -0.25) is 0 Å². The Morgan fingerprint density at radius 1 is 1.17 bits per heavy atom. The van der Waals surface area contributed by atoms with E-state index in [-0.39, 0.29) is 5.69 Å². The van der Waals surface area contributed by atoms with Crippen LogP contribution in [-0.2, 0) is 11.2 Å². The van der Waals surface area contributed by atoms with Crippen molar-refractivity contribution < 1.29 is 9.53 Å². The highest BCUT2D eigenvalue weighted by Crippen LogP contribution is 2.23. The lowest BCUT2D eigenvalue weighted by atomic mass is 10.2. The Morgan fingerprint density at radius 3 is 2.71 bits per heavy atom. The molecule has 0 atom stereocenters. The van der Waals surface area contributed by atoms with Gasteiger partial charge in [0.2, 0.25) is 0 Å². The first-order valence-corrected chi connectivity index (χ1v) is 8.30. The first-order chi connectivity index (χ1) is 11.8. The van der Waals surface area contributed by atoms with Crippen LogP contribution in [0.1, 0.15) is 16.2 Å². The van der Waals surface area contributed by atoms with Crippen LogP contribution in [0.25, 0.3) is 10.6 Å². The maximum atomic E-state index is 11.3. The van der Waals surface area contributed by atoms with Gasteiger partial charge in [-0.2, -0.15) is 0 Å². The van der Waals surface area contributed by atoms with Gasteiger partial charge in [0.05, 0.1) is 12.8 Å². The van der Waals surface area contributed by atoms with Gasteiger partial charge in [-0.25, -0.2) is 9.78 Å². The van der Waals surface area contributed by atoms with Crippen LogP contribution in [0, 0.1) is 0 Å². The van der Waals surface area contributed by atoms with Crippen molar-refractivity contribution >= 4 is 23.1 Å². The van der Waals surface area contributed by atoms with Crippen molar-refractivity contribution in [3.8, 4) is 10.6 Å². The van der Waals surface area contributed by atoms with Gasteiger partial charge in [-0.1, -0.05) is 30.3 Å². The monoisotopic (exact) mass is 340 g/mol. The van der Waals surface area contributed by atoms with E-state index in [0.717, 1.165) is 22.7 Å². The molecule has 2 heterocycles. The molecule has 3 aromatic rings. The number of anilines is 1. The summed E-state index contributed by atoms with van der Waals surface area (Å²) in [6.45, 7) is 0.685. The molecule has 1 N–H and O–H groups in total. The van der Waals surface area contributed by atoms with Gasteiger partial charge in [0.15, 0.2) is 5.69 Å². The van der Waals surface area contributed by atoms with Gasteiger partial charge in [0.1, 0.15) is 10.8 Å². The van der Waals surface area contributed by atoms with Crippen LogP contribution in [0.2, 0.25) is 0 Å². The highest BCUT2D eigenvalue weighted by atomic mass is 32.1. The summed E-state index contributed by atoms with van der Waals surface area (Å²) in [6, 6.07) is 13.4. The Labute approximate surface area is 143 Å². The number of hydrogen-bond acceptors (Lipinski definition) is 7. The van der Waals surface area contributed by atoms with Crippen LogP contribution in [0.15, 0.2) is 47.8 Å². The molecule has 0 unspecified atom stereocenters. The zero-order valence-electron chi connectivity index (χ0n) is 13.1. The zero-order valence-corrected chi connectivity index (χ0v) is 13.9. The molecule has 0 fully saturated rings. The number of esters is 1. The van der Waals surface area contributed by atoms with Gasteiger partial charge >= 0.3 is 5.97 Å². The Balaban J connectivity index is 1.53. The number of carbonyl (C=O) groups is 1. The maximum Gasteiger partial charge on any atom is 0.358 e. The summed E-state index contributed by atoms with van der Waals surface area (Å²) in [5.41, 5.74) is 2.35. The van der Waals surface area contributed by atoms with Crippen molar-refractivity contribution in [1.29, 1.82) is 0 Å². The van der Waals surface area contributed by atoms with E-state index in [9.17, 15) is 4.79 Å². The van der Waals surface area contributed by atoms with Gasteiger partial charge < -0.3 is 10.1 Å². The smallest absolute Gasteiger partial charge is 0.358 e. The van der Waals surface area contributed by atoms with E-state index in [1.54, 1.807) is 23.5 Å². The number of ether oxygens (including phenoxy) is 1. The molecule has 0 aliphatic heterocycles. The van der Waals surface area contributed by atoms with Gasteiger partial charge in [0, 0.05) is 23.9 Å². The summed E-state index contributed by atoms with van der Waals surface area (Å²) >= 11 is 1.64. The summed E-state index contributed by atoms with van der Waals surface area (Å²) in [5, 5.41) is 14.0. The minimum atomic E-state index is -0.495. The van der Waals surface area contributed by atoms with Gasteiger partial charge in [-0.15, -0.1) is 21.5 Å². The zero-order chi connectivity index (χ0) is 16.8. The highest BCUT2D eigenvalue weighted by Gasteiger charge is 2.08. The van der Waals surface area contributed by atoms with E-state index in [1.165, 1.54) is 7.11 Å². The Hall–Kier alpha value is -2.80. The molecular formula is C17H16N4O2S. The fourth-order valence-corrected chi connectivity index (χ4v) is 2.95. The minimum absolute atomic E-state index is 0.190. The van der Waals surface area contributed by atoms with Crippen molar-refractivity contribution in [1.82, 2.24) is 15.2 Å². The molecule has 2 aromatic heterocycles. The SMILES string of the molecule is COC(=O)c1ccc(NCCc2csc(-c3ccccc3)n2)nn1. The molecule has 0 amide bonds. The molecule has 7 heteroatoms. The minimum Gasteiger partial charge on any atom is -0.464 e. The fourth-order valence-electron chi connectivity index (χ4n) is 2.09. The Morgan fingerprint density at radius 2 is 2.00 bits per heavy atom. The predicted octanol–water partition coefficient (Wildman–Crippen LogP) is 3.04. The number of methoxy groups -OCH3 is 1. The molecule has 0 bridgehead atoms. The van der Waals surface area contributed by atoms with E-state index >= 15 is 0 Å². The van der Waals surface area contributed by atoms with E-state index < -0.39 is 5.97 Å². The number of benzene rings is 1. The van der Waals surface area contributed by atoms with Gasteiger partial charge in [0.25, 0.3) is 0 Å². The summed E-state index contributed by atoms with van der Waals surface area (Å²) in [7, 11) is 1.31. The van der Waals surface area contributed by atoms with Crippen molar-refractivity contribution in [3.63, 3.8) is 0 Å². The van der Waals surface area contributed by atoms with Crippen LogP contribution in [-0.4, -0.2) is 34.8 Å². The van der Waals surface area contributed by atoms with E-state index in [0.29, 0.717) is 12.4 Å².